The third kappa shape index (κ3) is 1.84. The molecule has 0 aliphatic heterocycles. The lowest BCUT2D eigenvalue weighted by atomic mass is 9.99. The molecule has 0 radical (unpaired) electrons. The monoisotopic (exact) mass is 237 g/mol. The van der Waals surface area contributed by atoms with Crippen LogP contribution in [-0.4, -0.2) is 4.98 Å². The van der Waals surface area contributed by atoms with Gasteiger partial charge in [-0.05, 0) is 18.9 Å². The molecule has 0 saturated carbocycles. The highest BCUT2D eigenvalue weighted by Crippen LogP contribution is 2.19. The molecule has 1 N–H and O–H groups in total. The van der Waals surface area contributed by atoms with Gasteiger partial charge in [-0.1, -0.05) is 13.8 Å². The number of rotatable bonds is 1. The largest absolute Gasteiger partial charge is 0.358 e. The van der Waals surface area contributed by atoms with Crippen LogP contribution in [0.15, 0.2) is 16.9 Å². The van der Waals surface area contributed by atoms with E-state index in [0.29, 0.717) is 16.8 Å². The van der Waals surface area contributed by atoms with E-state index in [9.17, 15) is 13.6 Å². The first-order chi connectivity index (χ1) is 7.91. The van der Waals surface area contributed by atoms with E-state index in [4.69, 9.17) is 0 Å². The topological polar surface area (TPSA) is 32.9 Å². The second kappa shape index (κ2) is 3.95. The fourth-order valence-electron chi connectivity index (χ4n) is 2.12. The number of hydrogen-bond acceptors (Lipinski definition) is 1. The molecule has 2 nitrogen and oxygen atoms in total. The zero-order chi connectivity index (χ0) is 12.7. The van der Waals surface area contributed by atoms with Gasteiger partial charge in [0.15, 0.2) is 17.1 Å². The standard InChI is InChI=1S/C13H13F2NO/c1-6(2)12-7(3)16-11-5-10(15)9(14)4-8(11)13(12)17/h4-6H,1-3H3,(H,16,17). The molecular formula is C13H13F2NO. The van der Waals surface area contributed by atoms with Crippen molar-refractivity contribution >= 4 is 10.9 Å². The summed E-state index contributed by atoms with van der Waals surface area (Å²) in [6.45, 7) is 5.55. The Hall–Kier alpha value is -1.71. The van der Waals surface area contributed by atoms with E-state index in [2.05, 4.69) is 4.98 Å². The minimum atomic E-state index is -0.999. The van der Waals surface area contributed by atoms with Crippen LogP contribution in [0, 0.1) is 18.6 Å². The number of benzene rings is 1. The maximum Gasteiger partial charge on any atom is 0.193 e. The summed E-state index contributed by atoms with van der Waals surface area (Å²) in [5.74, 6) is -1.91. The van der Waals surface area contributed by atoms with Crippen molar-refractivity contribution in [2.75, 3.05) is 0 Å². The quantitative estimate of drug-likeness (QED) is 0.811. The lowest BCUT2D eigenvalue weighted by molar-refractivity contribution is 0.510. The van der Waals surface area contributed by atoms with Crippen LogP contribution >= 0.6 is 0 Å². The first kappa shape index (κ1) is 11.8. The molecule has 0 aliphatic carbocycles. The lowest BCUT2D eigenvalue weighted by Gasteiger charge is -2.10. The summed E-state index contributed by atoms with van der Waals surface area (Å²) in [6, 6.07) is 1.97. The van der Waals surface area contributed by atoms with Gasteiger partial charge in [-0.15, -0.1) is 0 Å². The van der Waals surface area contributed by atoms with E-state index in [-0.39, 0.29) is 16.7 Å². The molecule has 2 aromatic rings. The van der Waals surface area contributed by atoms with Gasteiger partial charge < -0.3 is 4.98 Å². The van der Waals surface area contributed by atoms with Crippen LogP contribution in [0.3, 0.4) is 0 Å². The number of fused-ring (bicyclic) bond motifs is 1. The number of nitrogens with one attached hydrogen (secondary N) is 1. The number of aromatic nitrogens is 1. The van der Waals surface area contributed by atoms with E-state index in [1.807, 2.05) is 13.8 Å². The van der Waals surface area contributed by atoms with Crippen molar-refractivity contribution in [1.82, 2.24) is 4.98 Å². The highest BCUT2D eigenvalue weighted by molar-refractivity contribution is 5.79. The number of H-pyrrole nitrogens is 1. The Morgan fingerprint density at radius 1 is 1.18 bits per heavy atom. The molecule has 1 aromatic carbocycles. The van der Waals surface area contributed by atoms with Crippen LogP contribution < -0.4 is 5.43 Å². The predicted molar refractivity (Wildman–Crippen MR) is 63.3 cm³/mol. The van der Waals surface area contributed by atoms with Crippen molar-refractivity contribution < 1.29 is 8.78 Å². The Balaban J connectivity index is 2.93. The molecule has 0 unspecified atom stereocenters. The molecule has 0 fully saturated rings. The first-order valence-corrected chi connectivity index (χ1v) is 5.43. The van der Waals surface area contributed by atoms with E-state index in [1.54, 1.807) is 6.92 Å². The van der Waals surface area contributed by atoms with Gasteiger partial charge in [0.05, 0.1) is 5.52 Å². The third-order valence-electron chi connectivity index (χ3n) is 2.85. The molecule has 0 aliphatic rings. The molecule has 0 atom stereocenters. The Labute approximate surface area is 97.3 Å². The summed E-state index contributed by atoms with van der Waals surface area (Å²) in [4.78, 5) is 15.1. The summed E-state index contributed by atoms with van der Waals surface area (Å²) >= 11 is 0. The third-order valence-corrected chi connectivity index (χ3v) is 2.85. The van der Waals surface area contributed by atoms with E-state index < -0.39 is 11.6 Å². The summed E-state index contributed by atoms with van der Waals surface area (Å²) in [5, 5.41) is 0.193. The van der Waals surface area contributed by atoms with Crippen LogP contribution in [0.1, 0.15) is 31.0 Å². The fourth-order valence-corrected chi connectivity index (χ4v) is 2.12. The van der Waals surface area contributed by atoms with Crippen LogP contribution in [-0.2, 0) is 0 Å². The van der Waals surface area contributed by atoms with Crippen LogP contribution in [0.2, 0.25) is 0 Å². The average molecular weight is 237 g/mol. The molecule has 4 heteroatoms. The van der Waals surface area contributed by atoms with Crippen molar-refractivity contribution in [2.24, 2.45) is 0 Å². The van der Waals surface area contributed by atoms with Gasteiger partial charge in [-0.3, -0.25) is 4.79 Å². The van der Waals surface area contributed by atoms with Gasteiger partial charge in [0, 0.05) is 22.7 Å². The summed E-state index contributed by atoms with van der Waals surface area (Å²) in [6.07, 6.45) is 0. The molecule has 0 amide bonds. The summed E-state index contributed by atoms with van der Waals surface area (Å²) in [5.41, 5.74) is 1.41. The van der Waals surface area contributed by atoms with E-state index >= 15 is 0 Å². The highest BCUT2D eigenvalue weighted by atomic mass is 19.2. The Kier molecular flexibility index (Phi) is 2.73. The molecule has 90 valence electrons. The minimum absolute atomic E-state index is 0.0382. The lowest BCUT2D eigenvalue weighted by Crippen LogP contribution is -2.15. The average Bonchev–Trinajstić information content (AvgIpc) is 2.21. The Morgan fingerprint density at radius 3 is 2.35 bits per heavy atom. The second-order valence-corrected chi connectivity index (χ2v) is 4.46. The number of aryl methyl sites for hydroxylation is 1. The summed E-state index contributed by atoms with van der Waals surface area (Å²) in [7, 11) is 0. The van der Waals surface area contributed by atoms with Crippen LogP contribution in [0.25, 0.3) is 10.9 Å². The normalized spacial score (nSPS) is 11.4. The zero-order valence-corrected chi connectivity index (χ0v) is 9.90. The predicted octanol–water partition coefficient (Wildman–Crippen LogP) is 3.24. The molecule has 0 spiro atoms. The van der Waals surface area contributed by atoms with Crippen molar-refractivity contribution in [3.8, 4) is 0 Å². The second-order valence-electron chi connectivity index (χ2n) is 4.46. The fraction of sp³-hybridized carbons (Fsp3) is 0.308. The molecule has 17 heavy (non-hydrogen) atoms. The SMILES string of the molecule is Cc1[nH]c2cc(F)c(F)cc2c(=O)c1C(C)C. The molecular weight excluding hydrogens is 224 g/mol. The zero-order valence-electron chi connectivity index (χ0n) is 9.90. The van der Waals surface area contributed by atoms with Crippen molar-refractivity contribution in [2.45, 2.75) is 26.7 Å². The maximum atomic E-state index is 13.1. The van der Waals surface area contributed by atoms with Gasteiger partial charge in [-0.2, -0.15) is 0 Å². The van der Waals surface area contributed by atoms with Crippen molar-refractivity contribution in [3.63, 3.8) is 0 Å². The van der Waals surface area contributed by atoms with Gasteiger partial charge >= 0.3 is 0 Å². The number of hydrogen-bond donors (Lipinski definition) is 1. The first-order valence-electron chi connectivity index (χ1n) is 5.43. The molecule has 0 saturated heterocycles. The number of halogens is 2. The van der Waals surface area contributed by atoms with Crippen molar-refractivity contribution in [3.05, 3.63) is 45.2 Å². The molecule has 1 heterocycles. The molecule has 1 aromatic heterocycles. The van der Waals surface area contributed by atoms with Crippen LogP contribution in [0.5, 0.6) is 0 Å². The van der Waals surface area contributed by atoms with Gasteiger partial charge in [0.25, 0.3) is 0 Å². The Morgan fingerprint density at radius 2 is 1.76 bits per heavy atom. The smallest absolute Gasteiger partial charge is 0.193 e. The maximum absolute atomic E-state index is 13.1. The van der Waals surface area contributed by atoms with Gasteiger partial charge in [0.2, 0.25) is 0 Å². The van der Waals surface area contributed by atoms with Gasteiger partial charge in [-0.25, -0.2) is 8.78 Å². The van der Waals surface area contributed by atoms with Crippen LogP contribution in [0.4, 0.5) is 8.78 Å². The molecule has 2 rings (SSSR count). The van der Waals surface area contributed by atoms with Crippen molar-refractivity contribution in [1.29, 1.82) is 0 Å². The Bertz CT molecular complexity index is 644. The molecule has 0 bridgehead atoms. The number of aromatic amines is 1. The highest BCUT2D eigenvalue weighted by Gasteiger charge is 2.14. The minimum Gasteiger partial charge on any atom is -0.358 e. The number of pyridine rings is 1. The van der Waals surface area contributed by atoms with E-state index in [1.165, 1.54) is 0 Å². The summed E-state index contributed by atoms with van der Waals surface area (Å²) < 4.78 is 26.2. The van der Waals surface area contributed by atoms with Gasteiger partial charge in [0.1, 0.15) is 0 Å². The van der Waals surface area contributed by atoms with E-state index in [0.717, 1.165) is 12.1 Å².